The van der Waals surface area contributed by atoms with Crippen LogP contribution in [0.25, 0.3) is 0 Å². The Morgan fingerprint density at radius 2 is 1.63 bits per heavy atom. The van der Waals surface area contributed by atoms with Gasteiger partial charge in [0, 0.05) is 21.1 Å². The lowest BCUT2D eigenvalue weighted by molar-refractivity contribution is 0.523. The average molecular weight is 347 g/mol. The average Bonchev–Trinajstić information content (AvgIpc) is 2.30. The van der Waals surface area contributed by atoms with Crippen LogP contribution in [0.15, 0.2) is 40.9 Å². The van der Waals surface area contributed by atoms with E-state index in [1.807, 2.05) is 0 Å². The Labute approximate surface area is 123 Å². The molecule has 0 spiro atoms. The quantitative estimate of drug-likeness (QED) is 0.862. The van der Waals surface area contributed by atoms with E-state index < -0.39 is 17.7 Å². The minimum atomic E-state index is -0.741. The zero-order valence-corrected chi connectivity index (χ0v) is 12.2. The third-order valence-electron chi connectivity index (χ3n) is 2.78. The van der Waals surface area contributed by atoms with Gasteiger partial charge in [-0.1, -0.05) is 39.7 Å². The first-order valence-corrected chi connectivity index (χ1v) is 6.79. The molecule has 1 unspecified atom stereocenters. The molecule has 100 valence electrons. The van der Waals surface area contributed by atoms with Crippen LogP contribution in [0.2, 0.25) is 5.02 Å². The largest absolute Gasteiger partial charge is 0.323 e. The summed E-state index contributed by atoms with van der Waals surface area (Å²) < 4.78 is 27.9. The van der Waals surface area contributed by atoms with E-state index in [9.17, 15) is 8.78 Å². The summed E-state index contributed by atoms with van der Waals surface area (Å²) in [6.07, 6.45) is 0.340. The molecule has 0 aromatic heterocycles. The van der Waals surface area contributed by atoms with Gasteiger partial charge < -0.3 is 5.73 Å². The minimum absolute atomic E-state index is 0.0989. The van der Waals surface area contributed by atoms with Gasteiger partial charge in [0.1, 0.15) is 11.6 Å². The van der Waals surface area contributed by atoms with Crippen molar-refractivity contribution in [2.24, 2.45) is 5.73 Å². The molecule has 0 fully saturated rings. The van der Waals surface area contributed by atoms with Gasteiger partial charge in [-0.05, 0) is 36.2 Å². The van der Waals surface area contributed by atoms with Gasteiger partial charge >= 0.3 is 0 Å². The lowest BCUT2D eigenvalue weighted by Gasteiger charge is -2.14. The Kier molecular flexibility index (Phi) is 4.55. The molecule has 1 atom stereocenters. The summed E-state index contributed by atoms with van der Waals surface area (Å²) in [5, 5.41) is 0.610. The molecule has 2 rings (SSSR count). The molecule has 0 aliphatic carbocycles. The van der Waals surface area contributed by atoms with E-state index in [0.717, 1.165) is 5.56 Å². The van der Waals surface area contributed by atoms with Crippen LogP contribution in [-0.2, 0) is 6.42 Å². The maximum absolute atomic E-state index is 13.8. The number of nitrogens with two attached hydrogens (primary N) is 1. The second-order valence-electron chi connectivity index (χ2n) is 4.22. The molecular weight excluding hydrogens is 336 g/mol. The maximum Gasteiger partial charge on any atom is 0.132 e. The molecule has 0 amide bonds. The minimum Gasteiger partial charge on any atom is -0.323 e. The summed E-state index contributed by atoms with van der Waals surface area (Å²) in [6.45, 7) is 0. The third-order valence-corrected chi connectivity index (χ3v) is 3.49. The summed E-state index contributed by atoms with van der Waals surface area (Å²) in [6, 6.07) is 8.69. The van der Waals surface area contributed by atoms with Gasteiger partial charge in [0.25, 0.3) is 0 Å². The number of hydrogen-bond donors (Lipinski definition) is 1. The van der Waals surface area contributed by atoms with Gasteiger partial charge in [0.15, 0.2) is 0 Å². The summed E-state index contributed by atoms with van der Waals surface area (Å²) in [5.41, 5.74) is 6.66. The van der Waals surface area contributed by atoms with E-state index in [1.165, 1.54) is 12.1 Å². The molecule has 19 heavy (non-hydrogen) atoms. The lowest BCUT2D eigenvalue weighted by atomic mass is 9.99. The Morgan fingerprint density at radius 1 is 1.11 bits per heavy atom. The fraction of sp³-hybridized carbons (Fsp3) is 0.143. The number of halogens is 4. The Hall–Kier alpha value is -0.970. The van der Waals surface area contributed by atoms with Crippen LogP contribution in [0, 0.1) is 11.6 Å². The van der Waals surface area contributed by atoms with Crippen LogP contribution >= 0.6 is 27.5 Å². The predicted octanol–water partition coefficient (Wildman–Crippen LogP) is 4.62. The fourth-order valence-corrected chi connectivity index (χ4v) is 2.41. The van der Waals surface area contributed by atoms with Crippen molar-refractivity contribution in [3.05, 3.63) is 68.7 Å². The summed E-state index contributed by atoms with van der Waals surface area (Å²) in [4.78, 5) is 0. The highest BCUT2D eigenvalue weighted by atomic mass is 79.9. The van der Waals surface area contributed by atoms with E-state index in [4.69, 9.17) is 17.3 Å². The Balaban J connectivity index is 2.25. The van der Waals surface area contributed by atoms with Crippen molar-refractivity contribution in [1.29, 1.82) is 0 Å². The van der Waals surface area contributed by atoms with Gasteiger partial charge in [-0.15, -0.1) is 0 Å². The van der Waals surface area contributed by atoms with Gasteiger partial charge in [0.2, 0.25) is 0 Å². The monoisotopic (exact) mass is 345 g/mol. The van der Waals surface area contributed by atoms with Gasteiger partial charge in [0.05, 0.1) is 0 Å². The van der Waals surface area contributed by atoms with Crippen molar-refractivity contribution in [2.75, 3.05) is 0 Å². The SMILES string of the molecule is NC(Cc1ccc(Cl)cc1)c1c(F)cc(Br)cc1F. The fourth-order valence-electron chi connectivity index (χ4n) is 1.88. The first kappa shape index (κ1) is 14.4. The summed E-state index contributed by atoms with van der Waals surface area (Å²) in [7, 11) is 0. The van der Waals surface area contributed by atoms with E-state index in [0.29, 0.717) is 15.9 Å². The molecule has 2 aromatic carbocycles. The molecule has 2 aromatic rings. The van der Waals surface area contributed by atoms with E-state index in [1.54, 1.807) is 24.3 Å². The van der Waals surface area contributed by atoms with Gasteiger partial charge in [-0.2, -0.15) is 0 Å². The van der Waals surface area contributed by atoms with Crippen molar-refractivity contribution < 1.29 is 8.78 Å². The van der Waals surface area contributed by atoms with Crippen LogP contribution in [-0.4, -0.2) is 0 Å². The molecule has 0 saturated heterocycles. The van der Waals surface area contributed by atoms with Crippen LogP contribution in [0.1, 0.15) is 17.2 Å². The summed E-state index contributed by atoms with van der Waals surface area (Å²) in [5.74, 6) is -1.29. The van der Waals surface area contributed by atoms with Crippen LogP contribution in [0.5, 0.6) is 0 Å². The zero-order chi connectivity index (χ0) is 14.0. The van der Waals surface area contributed by atoms with Crippen molar-refractivity contribution >= 4 is 27.5 Å². The lowest BCUT2D eigenvalue weighted by Crippen LogP contribution is -2.17. The van der Waals surface area contributed by atoms with Crippen molar-refractivity contribution in [1.82, 2.24) is 0 Å². The van der Waals surface area contributed by atoms with Crippen molar-refractivity contribution in [3.63, 3.8) is 0 Å². The van der Waals surface area contributed by atoms with E-state index in [2.05, 4.69) is 15.9 Å². The first-order valence-electron chi connectivity index (χ1n) is 5.62. The predicted molar refractivity (Wildman–Crippen MR) is 76.1 cm³/mol. The second kappa shape index (κ2) is 5.99. The molecule has 0 bridgehead atoms. The number of hydrogen-bond acceptors (Lipinski definition) is 1. The normalized spacial score (nSPS) is 12.5. The highest BCUT2D eigenvalue weighted by Gasteiger charge is 2.18. The van der Waals surface area contributed by atoms with Crippen LogP contribution in [0.3, 0.4) is 0 Å². The molecule has 0 saturated carbocycles. The highest BCUT2D eigenvalue weighted by Crippen LogP contribution is 2.26. The van der Waals surface area contributed by atoms with Crippen molar-refractivity contribution in [3.8, 4) is 0 Å². The topological polar surface area (TPSA) is 26.0 Å². The molecule has 0 aliphatic heterocycles. The number of benzene rings is 2. The standard InChI is InChI=1S/C14H11BrClF2N/c15-9-6-11(17)14(12(18)7-9)13(19)5-8-1-3-10(16)4-2-8/h1-4,6-7,13H,5,19H2. The van der Waals surface area contributed by atoms with Gasteiger partial charge in [-0.3, -0.25) is 0 Å². The van der Waals surface area contributed by atoms with Gasteiger partial charge in [-0.25, -0.2) is 8.78 Å². The third kappa shape index (κ3) is 3.53. The molecule has 0 radical (unpaired) electrons. The molecule has 1 nitrogen and oxygen atoms in total. The Morgan fingerprint density at radius 3 is 2.16 bits per heavy atom. The van der Waals surface area contributed by atoms with Crippen LogP contribution in [0.4, 0.5) is 8.78 Å². The van der Waals surface area contributed by atoms with E-state index >= 15 is 0 Å². The van der Waals surface area contributed by atoms with E-state index in [-0.39, 0.29) is 5.56 Å². The highest BCUT2D eigenvalue weighted by molar-refractivity contribution is 9.10. The summed E-state index contributed by atoms with van der Waals surface area (Å²) >= 11 is 8.81. The smallest absolute Gasteiger partial charge is 0.132 e. The second-order valence-corrected chi connectivity index (χ2v) is 5.57. The molecule has 5 heteroatoms. The molecule has 0 aliphatic rings. The van der Waals surface area contributed by atoms with Crippen molar-refractivity contribution in [2.45, 2.75) is 12.5 Å². The molecular formula is C14H11BrClF2N. The Bertz CT molecular complexity index is 563. The molecule has 2 N–H and O–H groups in total. The van der Waals surface area contributed by atoms with Crippen LogP contribution < -0.4 is 5.73 Å². The first-order chi connectivity index (χ1) is 8.97. The zero-order valence-electron chi connectivity index (χ0n) is 9.84. The molecule has 0 heterocycles. The number of rotatable bonds is 3. The maximum atomic E-state index is 13.8.